The Balaban J connectivity index is 2.37. The van der Waals surface area contributed by atoms with Gasteiger partial charge in [0.2, 0.25) is 0 Å². The van der Waals surface area contributed by atoms with Gasteiger partial charge in [-0.3, -0.25) is 4.79 Å². The van der Waals surface area contributed by atoms with Crippen LogP contribution in [0.25, 0.3) is 0 Å². The Labute approximate surface area is 71.5 Å². The summed E-state index contributed by atoms with van der Waals surface area (Å²) in [4.78, 5) is 22.5. The van der Waals surface area contributed by atoms with E-state index in [2.05, 4.69) is 4.74 Å². The van der Waals surface area contributed by atoms with E-state index in [1.54, 1.807) is 4.90 Å². The van der Waals surface area contributed by atoms with Crippen LogP contribution in [-0.2, 0) is 9.53 Å². The Kier molecular flexibility index (Phi) is 3.57. The highest BCUT2D eigenvalue weighted by Crippen LogP contribution is 2.09. The fraction of sp³-hybridized carbons (Fsp3) is 0.750. The predicted octanol–water partition coefficient (Wildman–Crippen LogP) is 1.16. The van der Waals surface area contributed by atoms with Crippen molar-refractivity contribution in [3.8, 4) is 0 Å². The molecule has 0 saturated carbocycles. The van der Waals surface area contributed by atoms with Crippen LogP contribution in [0.2, 0.25) is 0 Å². The molecule has 1 saturated heterocycles. The van der Waals surface area contributed by atoms with Crippen molar-refractivity contribution in [2.75, 3.05) is 13.1 Å². The van der Waals surface area contributed by atoms with Crippen molar-refractivity contribution in [1.82, 2.24) is 4.90 Å². The van der Waals surface area contributed by atoms with E-state index in [1.165, 1.54) is 0 Å². The predicted molar refractivity (Wildman–Crippen MR) is 42.6 cm³/mol. The fourth-order valence-corrected chi connectivity index (χ4v) is 1.37. The number of hydrogen-bond acceptors (Lipinski definition) is 3. The number of nitrogens with zero attached hydrogens (tertiary/aromatic N) is 1. The molecule has 1 heterocycles. The first-order valence-corrected chi connectivity index (χ1v) is 4.24. The van der Waals surface area contributed by atoms with Crippen LogP contribution in [-0.4, -0.2) is 30.6 Å². The normalized spacial score (nSPS) is 18.2. The molecule has 0 unspecified atom stereocenters. The fourth-order valence-electron chi connectivity index (χ4n) is 1.37. The number of carbonyl (C=O) groups is 2. The van der Waals surface area contributed by atoms with Gasteiger partial charge in [-0.1, -0.05) is 12.8 Å². The van der Waals surface area contributed by atoms with Crippen molar-refractivity contribution in [1.29, 1.82) is 0 Å². The smallest absolute Gasteiger partial charge is 0.379 e. The summed E-state index contributed by atoms with van der Waals surface area (Å²) >= 11 is 0. The second kappa shape index (κ2) is 4.74. The molecule has 0 spiro atoms. The number of likely N-dealkylation sites (tertiary alicyclic amines) is 1. The SMILES string of the molecule is O=COC(=O)N1CCCCCC1. The van der Waals surface area contributed by atoms with Gasteiger partial charge < -0.3 is 9.64 Å². The van der Waals surface area contributed by atoms with Crippen LogP contribution in [0.15, 0.2) is 0 Å². The zero-order valence-corrected chi connectivity index (χ0v) is 6.99. The topological polar surface area (TPSA) is 46.6 Å². The van der Waals surface area contributed by atoms with Crippen LogP contribution in [0.5, 0.6) is 0 Å². The molecule has 0 radical (unpaired) electrons. The first-order chi connectivity index (χ1) is 5.84. The number of rotatable bonds is 1. The van der Waals surface area contributed by atoms with E-state index in [9.17, 15) is 9.59 Å². The molecule has 0 atom stereocenters. The summed E-state index contributed by atoms with van der Waals surface area (Å²) in [6.07, 6.45) is 3.82. The minimum atomic E-state index is -0.508. The molecule has 1 aliphatic rings. The summed E-state index contributed by atoms with van der Waals surface area (Å²) in [5.41, 5.74) is 0. The summed E-state index contributed by atoms with van der Waals surface area (Å²) in [6, 6.07) is 0. The lowest BCUT2D eigenvalue weighted by atomic mass is 10.2. The highest BCUT2D eigenvalue weighted by molar-refractivity contribution is 5.74. The molecule has 4 heteroatoms. The second-order valence-corrected chi connectivity index (χ2v) is 2.88. The lowest BCUT2D eigenvalue weighted by Crippen LogP contribution is -2.32. The monoisotopic (exact) mass is 171 g/mol. The largest absolute Gasteiger partial charge is 0.417 e. The number of carbonyl (C=O) groups excluding carboxylic acids is 2. The van der Waals surface area contributed by atoms with Crippen molar-refractivity contribution in [3.05, 3.63) is 0 Å². The second-order valence-electron chi connectivity index (χ2n) is 2.88. The van der Waals surface area contributed by atoms with Gasteiger partial charge in [-0.2, -0.15) is 0 Å². The van der Waals surface area contributed by atoms with Crippen molar-refractivity contribution in [2.45, 2.75) is 25.7 Å². The third-order valence-corrected chi connectivity index (χ3v) is 2.01. The van der Waals surface area contributed by atoms with E-state index in [0.29, 0.717) is 13.1 Å². The minimum absolute atomic E-state index is 0.188. The van der Waals surface area contributed by atoms with Crippen LogP contribution < -0.4 is 0 Å². The Bertz CT molecular complexity index is 162. The summed E-state index contributed by atoms with van der Waals surface area (Å²) in [6.45, 7) is 1.62. The van der Waals surface area contributed by atoms with Gasteiger partial charge in [-0.25, -0.2) is 4.79 Å². The van der Waals surface area contributed by atoms with Gasteiger partial charge in [0.15, 0.2) is 0 Å². The van der Waals surface area contributed by atoms with Crippen molar-refractivity contribution < 1.29 is 14.3 Å². The third-order valence-electron chi connectivity index (χ3n) is 2.01. The minimum Gasteiger partial charge on any atom is -0.379 e. The average molecular weight is 171 g/mol. The molecule has 0 N–H and O–H groups in total. The molecule has 1 rings (SSSR count). The molecule has 12 heavy (non-hydrogen) atoms. The van der Waals surface area contributed by atoms with Crippen LogP contribution in [0.4, 0.5) is 4.79 Å². The lowest BCUT2D eigenvalue weighted by molar-refractivity contribution is -0.124. The van der Waals surface area contributed by atoms with E-state index in [1.807, 2.05) is 0 Å². The summed E-state index contributed by atoms with van der Waals surface area (Å²) < 4.78 is 4.24. The van der Waals surface area contributed by atoms with Crippen molar-refractivity contribution >= 4 is 12.6 Å². The van der Waals surface area contributed by atoms with E-state index >= 15 is 0 Å². The standard InChI is InChI=1S/C8H13NO3/c10-7-12-8(11)9-5-3-1-2-4-6-9/h7H,1-6H2. The Hall–Kier alpha value is -1.06. The first kappa shape index (κ1) is 9.03. The van der Waals surface area contributed by atoms with Crippen LogP contribution in [0.3, 0.4) is 0 Å². The molecule has 0 aliphatic carbocycles. The van der Waals surface area contributed by atoms with Gasteiger partial charge in [-0.05, 0) is 12.8 Å². The molecule has 0 aromatic rings. The summed E-state index contributed by atoms with van der Waals surface area (Å²) in [7, 11) is 0. The molecule has 68 valence electrons. The highest BCUT2D eigenvalue weighted by atomic mass is 16.6. The molecule has 0 bridgehead atoms. The molecular formula is C8H13NO3. The number of ether oxygens (including phenoxy) is 1. The maximum absolute atomic E-state index is 11.0. The summed E-state index contributed by atoms with van der Waals surface area (Å²) in [5.74, 6) is 0. The van der Waals surface area contributed by atoms with Crippen molar-refractivity contribution in [2.24, 2.45) is 0 Å². The Morgan fingerprint density at radius 1 is 1.17 bits per heavy atom. The van der Waals surface area contributed by atoms with Crippen LogP contribution in [0, 0.1) is 0 Å². The van der Waals surface area contributed by atoms with Gasteiger partial charge in [0.25, 0.3) is 0 Å². The van der Waals surface area contributed by atoms with Crippen LogP contribution >= 0.6 is 0 Å². The zero-order valence-electron chi connectivity index (χ0n) is 6.99. The van der Waals surface area contributed by atoms with Gasteiger partial charge in [0.05, 0.1) is 0 Å². The molecule has 1 fully saturated rings. The van der Waals surface area contributed by atoms with Gasteiger partial charge in [0, 0.05) is 13.1 Å². The quantitative estimate of drug-likeness (QED) is 0.439. The van der Waals surface area contributed by atoms with E-state index < -0.39 is 6.09 Å². The third kappa shape index (κ3) is 2.53. The molecule has 4 nitrogen and oxygen atoms in total. The maximum Gasteiger partial charge on any atom is 0.417 e. The number of hydrogen-bond donors (Lipinski definition) is 0. The van der Waals surface area contributed by atoms with E-state index in [0.717, 1.165) is 25.7 Å². The maximum atomic E-state index is 11.0. The molecular weight excluding hydrogens is 158 g/mol. The first-order valence-electron chi connectivity index (χ1n) is 4.24. The average Bonchev–Trinajstić information content (AvgIpc) is 2.32. The molecule has 0 aromatic heterocycles. The van der Waals surface area contributed by atoms with E-state index in [-0.39, 0.29) is 6.47 Å². The number of amides is 1. The highest BCUT2D eigenvalue weighted by Gasteiger charge is 2.15. The van der Waals surface area contributed by atoms with Crippen molar-refractivity contribution in [3.63, 3.8) is 0 Å². The van der Waals surface area contributed by atoms with Gasteiger partial charge >= 0.3 is 12.6 Å². The zero-order chi connectivity index (χ0) is 8.81. The summed E-state index contributed by atoms with van der Waals surface area (Å²) in [5, 5.41) is 0. The van der Waals surface area contributed by atoms with Gasteiger partial charge in [0.1, 0.15) is 0 Å². The Morgan fingerprint density at radius 3 is 2.25 bits per heavy atom. The van der Waals surface area contributed by atoms with Gasteiger partial charge in [-0.15, -0.1) is 0 Å². The molecule has 1 amide bonds. The lowest BCUT2D eigenvalue weighted by Gasteiger charge is -2.16. The molecule has 1 aliphatic heterocycles. The Morgan fingerprint density at radius 2 is 1.75 bits per heavy atom. The molecule has 0 aromatic carbocycles. The van der Waals surface area contributed by atoms with E-state index in [4.69, 9.17) is 0 Å². The van der Waals surface area contributed by atoms with Crippen LogP contribution in [0.1, 0.15) is 25.7 Å².